The molecule has 2 aromatic heterocycles. The zero-order valence-corrected chi connectivity index (χ0v) is 10.8. The topological polar surface area (TPSA) is 168 Å². The van der Waals surface area contributed by atoms with Gasteiger partial charge in [0, 0.05) is 19.0 Å². The maximum atomic E-state index is 11.9. The second kappa shape index (κ2) is 5.72. The lowest BCUT2D eigenvalue weighted by Gasteiger charge is -1.98. The first-order valence-corrected chi connectivity index (χ1v) is 5.41. The zero-order valence-electron chi connectivity index (χ0n) is 10.8. The first kappa shape index (κ1) is 14.0. The molecule has 2 rings (SSSR count). The highest BCUT2D eigenvalue weighted by Crippen LogP contribution is 2.22. The third-order valence-corrected chi connectivity index (χ3v) is 1.95. The maximum absolute atomic E-state index is 11.9. The number of carbonyl (C=O) groups is 2. The first-order valence-electron chi connectivity index (χ1n) is 5.41. The number of hydrogen-bond acceptors (Lipinski definition) is 9. The van der Waals surface area contributed by atoms with Gasteiger partial charge in [0.05, 0.1) is 0 Å². The van der Waals surface area contributed by atoms with E-state index in [1.165, 1.54) is 13.8 Å². The van der Waals surface area contributed by atoms with Crippen LogP contribution in [0.5, 0.6) is 0 Å². The van der Waals surface area contributed by atoms with Gasteiger partial charge in [-0.15, -0.1) is 4.63 Å². The molecule has 0 aromatic carbocycles. The van der Waals surface area contributed by atoms with Crippen molar-refractivity contribution in [2.75, 3.05) is 16.1 Å². The lowest BCUT2D eigenvalue weighted by molar-refractivity contribution is -0.432. The Morgan fingerprint density at radius 1 is 0.905 bits per heavy atom. The molecule has 0 unspecified atom stereocenters. The molecule has 3 N–H and O–H groups in total. The molecular weight excluding hydrogens is 288 g/mol. The van der Waals surface area contributed by atoms with E-state index in [2.05, 4.69) is 45.9 Å². The van der Waals surface area contributed by atoms with E-state index in [1.807, 2.05) is 0 Å². The Morgan fingerprint density at radius 2 is 1.43 bits per heavy atom. The molecule has 0 aliphatic heterocycles. The van der Waals surface area contributed by atoms with Gasteiger partial charge >= 0.3 is 5.82 Å². The molecule has 13 heteroatoms. The fourth-order valence-corrected chi connectivity index (χ4v) is 1.22. The van der Waals surface area contributed by atoms with E-state index in [-0.39, 0.29) is 28.1 Å². The van der Waals surface area contributed by atoms with Gasteiger partial charge in [0.15, 0.2) is 5.16 Å². The number of hydrogen-bond donors (Lipinski definition) is 3. The molecule has 0 fully saturated rings. The average molecular weight is 297 g/mol. The molecule has 0 atom stereocenters. The van der Waals surface area contributed by atoms with Gasteiger partial charge in [-0.3, -0.25) is 9.59 Å². The third kappa shape index (κ3) is 3.34. The number of rotatable bonds is 5. The Morgan fingerprint density at radius 3 is 2.10 bits per heavy atom. The molecule has 21 heavy (non-hydrogen) atoms. The fraction of sp³-hybridized carbons (Fsp3) is 0.250. The molecule has 2 amide bonds. The largest absolute Gasteiger partial charge is 0.482 e. The van der Waals surface area contributed by atoms with Crippen LogP contribution in [0.2, 0.25) is 0 Å². The van der Waals surface area contributed by atoms with Crippen molar-refractivity contribution in [1.29, 1.82) is 0 Å². The highest BCUT2D eigenvalue weighted by molar-refractivity contribution is 5.90. The summed E-state index contributed by atoms with van der Waals surface area (Å²) in [6.07, 6.45) is 0. The monoisotopic (exact) mass is 297 g/mol. The van der Waals surface area contributed by atoms with E-state index in [9.17, 15) is 14.5 Å². The van der Waals surface area contributed by atoms with Crippen LogP contribution in [-0.4, -0.2) is 37.3 Å². The summed E-state index contributed by atoms with van der Waals surface area (Å²) in [5.41, 5.74) is 2.19. The summed E-state index contributed by atoms with van der Waals surface area (Å²) in [5.74, 6) is -1.72. The minimum atomic E-state index is -0.470. The molecule has 110 valence electrons. The Bertz CT molecular complexity index is 690. The summed E-state index contributed by atoms with van der Waals surface area (Å²) in [7, 11) is 0. The van der Waals surface area contributed by atoms with Gasteiger partial charge in [0.1, 0.15) is 4.87 Å². The van der Waals surface area contributed by atoms with E-state index in [0.29, 0.717) is 0 Å². The zero-order chi connectivity index (χ0) is 15.4. The molecule has 0 bridgehead atoms. The van der Waals surface area contributed by atoms with Crippen molar-refractivity contribution in [3.63, 3.8) is 0 Å². The molecule has 13 nitrogen and oxygen atoms in total. The van der Waals surface area contributed by atoms with Crippen LogP contribution in [0.25, 0.3) is 0 Å². The number of anilines is 3. The number of nitrogens with zero attached hydrogens (tertiary/aromatic N) is 5. The van der Waals surface area contributed by atoms with Crippen molar-refractivity contribution in [2.24, 2.45) is 0 Å². The summed E-state index contributed by atoms with van der Waals surface area (Å²) in [6, 6.07) is 0. The Kier molecular flexibility index (Phi) is 3.83. The summed E-state index contributed by atoms with van der Waals surface area (Å²) < 4.78 is 8.74. The predicted molar refractivity (Wildman–Crippen MR) is 64.1 cm³/mol. The van der Waals surface area contributed by atoms with Crippen molar-refractivity contribution in [3.8, 4) is 0 Å². The van der Waals surface area contributed by atoms with E-state index in [1.54, 1.807) is 0 Å². The highest BCUT2D eigenvalue weighted by Gasteiger charge is 2.30. The molecule has 2 heterocycles. The molecule has 2 aromatic rings. The highest BCUT2D eigenvalue weighted by atomic mass is 16.6. The van der Waals surface area contributed by atoms with E-state index in [0.717, 1.165) is 0 Å². The van der Waals surface area contributed by atoms with Gasteiger partial charge in [-0.2, -0.15) is 5.43 Å². The van der Waals surface area contributed by atoms with Crippen LogP contribution in [0.3, 0.4) is 0 Å². The molecular formula is C8H9N8O5+. The van der Waals surface area contributed by atoms with Crippen molar-refractivity contribution < 1.29 is 23.7 Å². The van der Waals surface area contributed by atoms with Crippen molar-refractivity contribution in [2.45, 2.75) is 13.8 Å². The second-order valence-electron chi connectivity index (χ2n) is 3.67. The van der Waals surface area contributed by atoms with Gasteiger partial charge < -0.3 is 10.6 Å². The van der Waals surface area contributed by atoms with E-state index in [4.69, 9.17) is 0 Å². The van der Waals surface area contributed by atoms with Crippen LogP contribution in [0, 0.1) is 4.91 Å². The van der Waals surface area contributed by atoms with Crippen molar-refractivity contribution in [1.82, 2.24) is 20.6 Å². The van der Waals surface area contributed by atoms with Crippen LogP contribution < -0.4 is 16.1 Å². The minimum absolute atomic E-state index is 0.0964. The Labute approximate surface area is 115 Å². The summed E-state index contributed by atoms with van der Waals surface area (Å²) in [4.78, 5) is 33.8. The number of amides is 2. The number of aromatic nitrogens is 4. The van der Waals surface area contributed by atoms with Gasteiger partial charge in [-0.05, 0) is 15.2 Å². The lowest BCUT2D eigenvalue weighted by atomic mass is 10.5. The summed E-state index contributed by atoms with van der Waals surface area (Å²) in [5, 5.41) is 18.0. The standard InChI is InChI=1S/C8H8N8O5/c1-3(17)9-5-6(13-20-12-5)11-16(19)8-7(10-4(2)18)14-21-15-8/h1-2H3,(H2-,9,10,11,12,13,14,17,18,19)/p+1. The van der Waals surface area contributed by atoms with Crippen LogP contribution in [0.4, 0.5) is 23.3 Å². The van der Waals surface area contributed by atoms with Crippen LogP contribution >= 0.6 is 0 Å². The molecule has 0 aliphatic rings. The predicted octanol–water partition coefficient (Wildman–Crippen LogP) is -0.193. The maximum Gasteiger partial charge on any atom is 0.482 e. The number of nitroso groups, excluding NO2 is 1. The fourth-order valence-electron chi connectivity index (χ4n) is 1.22. The van der Waals surface area contributed by atoms with Gasteiger partial charge in [0.2, 0.25) is 17.6 Å². The first-order chi connectivity index (χ1) is 9.97. The lowest BCUT2D eigenvalue weighted by Crippen LogP contribution is -2.16. The summed E-state index contributed by atoms with van der Waals surface area (Å²) in [6.45, 7) is 2.46. The van der Waals surface area contributed by atoms with E-state index >= 15 is 0 Å². The second-order valence-corrected chi connectivity index (χ2v) is 3.67. The molecule has 0 saturated heterocycles. The molecule has 0 aliphatic carbocycles. The number of nitrogens with one attached hydrogen (secondary N) is 3. The number of hydrazine groups is 1. The molecule has 0 radical (unpaired) electrons. The quantitative estimate of drug-likeness (QED) is 0.496. The smallest absolute Gasteiger partial charge is 0.305 e. The molecule has 0 spiro atoms. The summed E-state index contributed by atoms with van der Waals surface area (Å²) >= 11 is 0. The van der Waals surface area contributed by atoms with E-state index < -0.39 is 11.8 Å². The van der Waals surface area contributed by atoms with Crippen LogP contribution in [0.15, 0.2) is 9.26 Å². The van der Waals surface area contributed by atoms with Crippen LogP contribution in [0.1, 0.15) is 13.8 Å². The average Bonchev–Trinajstić information content (AvgIpc) is 2.98. The molecule has 0 saturated carbocycles. The Hall–Kier alpha value is -3.38. The van der Waals surface area contributed by atoms with Gasteiger partial charge in [-0.25, -0.2) is 4.63 Å². The SMILES string of the molecule is CC(=O)Nc1nonc1N[N+](=O)c1nonc1NC(C)=O. The van der Waals surface area contributed by atoms with Crippen molar-refractivity contribution in [3.05, 3.63) is 4.91 Å². The van der Waals surface area contributed by atoms with Gasteiger partial charge in [-0.1, -0.05) is 0 Å². The van der Waals surface area contributed by atoms with Gasteiger partial charge in [0.25, 0.3) is 11.6 Å². The number of carbonyl (C=O) groups excluding carboxylic acids is 2. The Balaban J connectivity index is 2.15. The third-order valence-electron chi connectivity index (χ3n) is 1.95. The minimum Gasteiger partial charge on any atom is -0.305 e. The van der Waals surface area contributed by atoms with Crippen molar-refractivity contribution >= 4 is 35.1 Å². The normalized spacial score (nSPS) is 10.0. The van der Waals surface area contributed by atoms with Crippen LogP contribution in [-0.2, 0) is 9.59 Å².